The second-order valence-corrected chi connectivity index (χ2v) is 6.92. The number of rotatable bonds is 6. The predicted octanol–water partition coefficient (Wildman–Crippen LogP) is 3.69. The van der Waals surface area contributed by atoms with Gasteiger partial charge in [0, 0.05) is 25.2 Å². The van der Waals surface area contributed by atoms with E-state index in [0.29, 0.717) is 24.7 Å². The monoisotopic (exact) mass is 367 g/mol. The molecule has 142 valence electrons. The third-order valence-electron chi connectivity index (χ3n) is 4.85. The molecule has 1 aromatic carbocycles. The van der Waals surface area contributed by atoms with Gasteiger partial charge in [0.25, 0.3) is 0 Å². The van der Waals surface area contributed by atoms with E-state index in [1.54, 1.807) is 11.7 Å². The number of hydrogen-bond donors (Lipinski definition) is 1. The predicted molar refractivity (Wildman–Crippen MR) is 93.2 cm³/mol. The molecule has 0 aliphatic carbocycles. The minimum atomic E-state index is -4.37. The van der Waals surface area contributed by atoms with Crippen LogP contribution in [-0.4, -0.2) is 29.2 Å². The van der Waals surface area contributed by atoms with Gasteiger partial charge in [-0.05, 0) is 43.9 Å². The number of halogens is 3. The summed E-state index contributed by atoms with van der Waals surface area (Å²) in [7, 11) is 1.66. The summed E-state index contributed by atoms with van der Waals surface area (Å²) >= 11 is 0. The van der Waals surface area contributed by atoms with Crippen LogP contribution in [0.4, 0.5) is 13.2 Å². The number of fused-ring (bicyclic) bond motifs is 1. The Morgan fingerprint density at radius 1 is 1.35 bits per heavy atom. The fourth-order valence-electron chi connectivity index (χ4n) is 3.46. The van der Waals surface area contributed by atoms with E-state index < -0.39 is 11.9 Å². The van der Waals surface area contributed by atoms with Crippen LogP contribution in [0.25, 0.3) is 0 Å². The van der Waals surface area contributed by atoms with Gasteiger partial charge in [-0.1, -0.05) is 18.2 Å². The fraction of sp³-hybridized carbons (Fsp3) is 0.526. The maximum atomic E-state index is 12.8. The molecule has 0 bridgehead atoms. The van der Waals surface area contributed by atoms with E-state index in [1.807, 2.05) is 24.3 Å². The van der Waals surface area contributed by atoms with Crippen molar-refractivity contribution in [3.8, 4) is 5.75 Å². The molecule has 0 unspecified atom stereocenters. The van der Waals surface area contributed by atoms with E-state index in [1.165, 1.54) is 0 Å². The lowest BCUT2D eigenvalue weighted by Gasteiger charge is -2.26. The first-order valence-electron chi connectivity index (χ1n) is 8.85. The van der Waals surface area contributed by atoms with Gasteiger partial charge in [-0.2, -0.15) is 13.2 Å². The number of aromatic nitrogens is 2. The highest BCUT2D eigenvalue weighted by molar-refractivity contribution is 5.33. The maximum absolute atomic E-state index is 12.8. The number of methoxy groups -OCH3 is 1. The van der Waals surface area contributed by atoms with Gasteiger partial charge in [0.15, 0.2) is 5.69 Å². The van der Waals surface area contributed by atoms with Gasteiger partial charge in [-0.25, -0.2) is 4.98 Å². The molecule has 0 spiro atoms. The van der Waals surface area contributed by atoms with E-state index in [2.05, 4.69) is 17.2 Å². The molecule has 2 atom stereocenters. The molecule has 0 amide bonds. The summed E-state index contributed by atoms with van der Waals surface area (Å²) in [5.41, 5.74) is 0.357. The van der Waals surface area contributed by atoms with Gasteiger partial charge in [-0.15, -0.1) is 0 Å². The van der Waals surface area contributed by atoms with E-state index in [4.69, 9.17) is 4.74 Å². The molecule has 1 N–H and O–H groups in total. The quantitative estimate of drug-likeness (QED) is 0.846. The van der Waals surface area contributed by atoms with Crippen LogP contribution in [-0.2, 0) is 25.6 Å². The van der Waals surface area contributed by atoms with Crippen molar-refractivity contribution in [1.82, 2.24) is 14.9 Å². The molecular formula is C19H24F3N3O. The summed E-state index contributed by atoms with van der Waals surface area (Å²) in [5.74, 6) is 1.72. The van der Waals surface area contributed by atoms with Crippen LogP contribution in [0.5, 0.6) is 5.75 Å². The standard InChI is InChI=1S/C19H24F3N3O/c1-13(9-15-5-3-4-6-16(15)26-2)23-10-14-7-8-18-24-17(19(20,21)22)12-25(18)11-14/h3-6,12-14,23H,7-11H2,1-2H3/t13-,14-/m0/s1. The molecule has 2 heterocycles. The van der Waals surface area contributed by atoms with E-state index in [0.717, 1.165) is 36.9 Å². The van der Waals surface area contributed by atoms with Crippen molar-refractivity contribution in [2.24, 2.45) is 5.92 Å². The molecule has 2 aromatic rings. The van der Waals surface area contributed by atoms with Gasteiger partial charge in [0.05, 0.1) is 7.11 Å². The number of aryl methyl sites for hydroxylation is 1. The molecule has 0 fully saturated rings. The number of alkyl halides is 3. The first-order valence-corrected chi connectivity index (χ1v) is 8.85. The Morgan fingerprint density at radius 3 is 2.85 bits per heavy atom. The van der Waals surface area contributed by atoms with Crippen LogP contribution in [0.3, 0.4) is 0 Å². The number of benzene rings is 1. The lowest BCUT2D eigenvalue weighted by Crippen LogP contribution is -2.36. The zero-order chi connectivity index (χ0) is 18.7. The van der Waals surface area contributed by atoms with Crippen LogP contribution in [0, 0.1) is 5.92 Å². The summed E-state index contributed by atoms with van der Waals surface area (Å²) in [5, 5.41) is 3.51. The molecule has 0 saturated carbocycles. The maximum Gasteiger partial charge on any atom is 0.434 e. The van der Waals surface area contributed by atoms with Crippen molar-refractivity contribution in [3.63, 3.8) is 0 Å². The Bertz CT molecular complexity index is 742. The van der Waals surface area contributed by atoms with Crippen molar-refractivity contribution in [3.05, 3.63) is 47.5 Å². The Labute approximate surface area is 151 Å². The Kier molecular flexibility index (Phi) is 5.55. The number of para-hydroxylation sites is 1. The Balaban J connectivity index is 1.53. The summed E-state index contributed by atoms with van der Waals surface area (Å²) in [4.78, 5) is 3.73. The fourth-order valence-corrected chi connectivity index (χ4v) is 3.46. The van der Waals surface area contributed by atoms with E-state index in [9.17, 15) is 13.2 Å². The molecule has 1 aliphatic heterocycles. The van der Waals surface area contributed by atoms with Crippen molar-refractivity contribution in [2.45, 2.75) is 44.9 Å². The number of nitrogens with zero attached hydrogens (tertiary/aromatic N) is 2. The average Bonchev–Trinajstić information content (AvgIpc) is 3.04. The number of nitrogens with one attached hydrogen (secondary N) is 1. The SMILES string of the molecule is COc1ccccc1C[C@H](C)NC[C@@H]1CCc2nc(C(F)(F)F)cn2C1. The largest absolute Gasteiger partial charge is 0.496 e. The second kappa shape index (κ2) is 7.70. The molecule has 4 nitrogen and oxygen atoms in total. The van der Waals surface area contributed by atoms with Crippen molar-refractivity contribution in [1.29, 1.82) is 0 Å². The Morgan fingerprint density at radius 2 is 2.12 bits per heavy atom. The van der Waals surface area contributed by atoms with Gasteiger partial charge >= 0.3 is 6.18 Å². The topological polar surface area (TPSA) is 39.1 Å². The molecule has 7 heteroatoms. The van der Waals surface area contributed by atoms with Crippen LogP contribution < -0.4 is 10.1 Å². The molecule has 3 rings (SSSR count). The first kappa shape index (κ1) is 18.8. The smallest absolute Gasteiger partial charge is 0.434 e. The first-order chi connectivity index (χ1) is 12.4. The highest BCUT2D eigenvalue weighted by Gasteiger charge is 2.35. The summed E-state index contributed by atoms with van der Waals surface area (Å²) in [6.07, 6.45) is -0.960. The number of hydrogen-bond acceptors (Lipinski definition) is 3. The second-order valence-electron chi connectivity index (χ2n) is 6.92. The van der Waals surface area contributed by atoms with Crippen LogP contribution >= 0.6 is 0 Å². The van der Waals surface area contributed by atoms with Crippen molar-refractivity contribution in [2.75, 3.05) is 13.7 Å². The Hall–Kier alpha value is -2.02. The van der Waals surface area contributed by atoms with Gasteiger partial charge in [0.1, 0.15) is 11.6 Å². The molecule has 0 saturated heterocycles. The van der Waals surface area contributed by atoms with Gasteiger partial charge in [-0.3, -0.25) is 0 Å². The van der Waals surface area contributed by atoms with E-state index >= 15 is 0 Å². The minimum absolute atomic E-state index is 0.251. The van der Waals surface area contributed by atoms with Crippen molar-refractivity contribution >= 4 is 0 Å². The van der Waals surface area contributed by atoms with Crippen LogP contribution in [0.2, 0.25) is 0 Å². The minimum Gasteiger partial charge on any atom is -0.496 e. The summed E-state index contributed by atoms with van der Waals surface area (Å²) in [6, 6.07) is 8.18. The van der Waals surface area contributed by atoms with Gasteiger partial charge < -0.3 is 14.6 Å². The number of ether oxygens (including phenoxy) is 1. The molecule has 1 aliphatic rings. The molecule has 0 radical (unpaired) electrons. The zero-order valence-electron chi connectivity index (χ0n) is 15.0. The molecule has 26 heavy (non-hydrogen) atoms. The molecular weight excluding hydrogens is 343 g/mol. The zero-order valence-corrected chi connectivity index (χ0v) is 15.0. The third-order valence-corrected chi connectivity index (χ3v) is 4.85. The summed E-state index contributed by atoms with van der Waals surface area (Å²) in [6.45, 7) is 3.46. The average molecular weight is 367 g/mol. The third kappa shape index (κ3) is 4.38. The van der Waals surface area contributed by atoms with Crippen LogP contribution in [0.15, 0.2) is 30.5 Å². The van der Waals surface area contributed by atoms with Crippen molar-refractivity contribution < 1.29 is 17.9 Å². The lowest BCUT2D eigenvalue weighted by atomic mass is 9.98. The molecule has 1 aromatic heterocycles. The van der Waals surface area contributed by atoms with Crippen LogP contribution in [0.1, 0.15) is 30.4 Å². The lowest BCUT2D eigenvalue weighted by molar-refractivity contribution is -0.141. The highest BCUT2D eigenvalue weighted by atomic mass is 19.4. The normalized spacial score (nSPS) is 18.4. The highest BCUT2D eigenvalue weighted by Crippen LogP contribution is 2.30. The summed E-state index contributed by atoms with van der Waals surface area (Å²) < 4.78 is 45.4. The van der Waals surface area contributed by atoms with Gasteiger partial charge in [0.2, 0.25) is 0 Å². The number of imidazole rings is 1. The van der Waals surface area contributed by atoms with E-state index in [-0.39, 0.29) is 6.04 Å².